The first-order chi connectivity index (χ1) is 12.7. The second-order valence-electron chi connectivity index (χ2n) is 5.74. The van der Waals surface area contributed by atoms with Crippen molar-refractivity contribution in [3.8, 4) is 0 Å². The molecule has 3 aromatic rings. The van der Waals surface area contributed by atoms with Crippen LogP contribution >= 0.6 is 11.6 Å². The minimum Gasteiger partial charge on any atom is -0.350 e. The van der Waals surface area contributed by atoms with Crippen LogP contribution in [0.25, 0.3) is 0 Å². The Morgan fingerprint density at radius 2 is 1.73 bits per heavy atom. The monoisotopic (exact) mass is 366 g/mol. The first-order valence-electron chi connectivity index (χ1n) is 8.35. The number of carbonyl (C=O) groups is 1. The Morgan fingerprint density at radius 1 is 1.04 bits per heavy atom. The molecule has 2 aromatic carbocycles. The Bertz CT molecular complexity index is 879. The van der Waals surface area contributed by atoms with Crippen molar-refractivity contribution >= 4 is 29.1 Å². The summed E-state index contributed by atoms with van der Waals surface area (Å²) >= 11 is 5.87. The highest BCUT2D eigenvalue weighted by atomic mass is 35.5. The third kappa shape index (κ3) is 4.58. The minimum atomic E-state index is -0.227. The molecule has 132 valence electrons. The van der Waals surface area contributed by atoms with Crippen LogP contribution in [0, 0.1) is 0 Å². The number of rotatable bonds is 6. The molecule has 0 atom stereocenters. The van der Waals surface area contributed by atoms with Crippen molar-refractivity contribution < 1.29 is 4.79 Å². The maximum absolute atomic E-state index is 12.4. The predicted octanol–water partition coefficient (Wildman–Crippen LogP) is 4.56. The summed E-state index contributed by atoms with van der Waals surface area (Å²) in [6, 6.07) is 15.3. The number of aromatic nitrogens is 2. The first-order valence-corrected chi connectivity index (χ1v) is 8.73. The van der Waals surface area contributed by atoms with Gasteiger partial charge in [0.05, 0.1) is 5.56 Å². The predicted molar refractivity (Wildman–Crippen MR) is 105 cm³/mol. The van der Waals surface area contributed by atoms with Crippen LogP contribution in [0.3, 0.4) is 0 Å². The number of para-hydroxylation sites is 1. The molecule has 3 rings (SSSR count). The summed E-state index contributed by atoms with van der Waals surface area (Å²) in [5, 5.41) is 6.73. The average Bonchev–Trinajstić information content (AvgIpc) is 2.68. The van der Waals surface area contributed by atoms with E-state index in [2.05, 4.69) is 27.5 Å². The van der Waals surface area contributed by atoms with Gasteiger partial charge in [-0.1, -0.05) is 48.9 Å². The smallest absolute Gasteiger partial charge is 0.258 e. The molecule has 0 aliphatic rings. The highest BCUT2D eigenvalue weighted by molar-refractivity contribution is 6.30. The highest BCUT2D eigenvalue weighted by Crippen LogP contribution is 2.16. The lowest BCUT2D eigenvalue weighted by Gasteiger charge is -2.10. The normalized spacial score (nSPS) is 10.4. The molecule has 2 N–H and O–H groups in total. The molecule has 0 spiro atoms. The van der Waals surface area contributed by atoms with E-state index in [1.54, 1.807) is 0 Å². The number of amides is 1. The topological polar surface area (TPSA) is 66.9 Å². The van der Waals surface area contributed by atoms with Crippen molar-refractivity contribution in [2.75, 3.05) is 10.6 Å². The molecule has 6 heteroatoms. The zero-order valence-corrected chi connectivity index (χ0v) is 15.1. The lowest BCUT2D eigenvalue weighted by Crippen LogP contribution is -2.14. The highest BCUT2D eigenvalue weighted by Gasteiger charge is 2.09. The molecule has 5 nitrogen and oxygen atoms in total. The molecular weight excluding hydrogens is 348 g/mol. The summed E-state index contributed by atoms with van der Waals surface area (Å²) in [6.07, 6.45) is 3.88. The second-order valence-corrected chi connectivity index (χ2v) is 6.18. The molecule has 1 aromatic heterocycles. The van der Waals surface area contributed by atoms with Gasteiger partial charge in [0, 0.05) is 29.6 Å². The summed E-state index contributed by atoms with van der Waals surface area (Å²) in [5.74, 6) is 0.237. The molecule has 0 fully saturated rings. The van der Waals surface area contributed by atoms with Gasteiger partial charge in [-0.3, -0.25) is 4.79 Å². The lowest BCUT2D eigenvalue weighted by molar-refractivity contribution is 0.102. The standard InChI is InChI=1S/C20H19ClN4O/c1-2-15-5-3-4-6-18(15)25-19(26)16-12-23-20(24-13-16)22-11-14-7-9-17(21)10-8-14/h3-10,12-13H,2,11H2,1H3,(H,25,26)(H,22,23,24). The number of aryl methyl sites for hydroxylation is 1. The molecule has 0 aliphatic carbocycles. The van der Waals surface area contributed by atoms with Gasteiger partial charge in [0.2, 0.25) is 5.95 Å². The van der Waals surface area contributed by atoms with Crippen molar-refractivity contribution in [3.05, 3.63) is 82.6 Å². The van der Waals surface area contributed by atoms with Gasteiger partial charge in [0.15, 0.2) is 0 Å². The Kier molecular flexibility index (Phi) is 5.81. The fourth-order valence-electron chi connectivity index (χ4n) is 2.46. The third-order valence-corrected chi connectivity index (χ3v) is 4.18. The molecule has 0 bridgehead atoms. The maximum atomic E-state index is 12.4. The lowest BCUT2D eigenvalue weighted by atomic mass is 10.1. The first kappa shape index (κ1) is 17.9. The van der Waals surface area contributed by atoms with Gasteiger partial charge in [-0.2, -0.15) is 0 Å². The van der Waals surface area contributed by atoms with Gasteiger partial charge in [0.25, 0.3) is 5.91 Å². The SMILES string of the molecule is CCc1ccccc1NC(=O)c1cnc(NCc2ccc(Cl)cc2)nc1. The minimum absolute atomic E-state index is 0.227. The zero-order valence-electron chi connectivity index (χ0n) is 14.4. The molecular formula is C20H19ClN4O. The third-order valence-electron chi connectivity index (χ3n) is 3.92. The Hall–Kier alpha value is -2.92. The largest absolute Gasteiger partial charge is 0.350 e. The summed E-state index contributed by atoms with van der Waals surface area (Å²) in [5.41, 5.74) is 3.37. The van der Waals surface area contributed by atoms with Gasteiger partial charge in [0.1, 0.15) is 0 Å². The molecule has 1 heterocycles. The van der Waals surface area contributed by atoms with E-state index in [1.165, 1.54) is 12.4 Å². The number of hydrogen-bond donors (Lipinski definition) is 2. The molecule has 0 aliphatic heterocycles. The van der Waals surface area contributed by atoms with Crippen LogP contribution in [0.15, 0.2) is 60.9 Å². The van der Waals surface area contributed by atoms with Crippen molar-refractivity contribution in [2.24, 2.45) is 0 Å². The quantitative estimate of drug-likeness (QED) is 0.671. The maximum Gasteiger partial charge on any atom is 0.258 e. The van der Waals surface area contributed by atoms with Gasteiger partial charge in [-0.15, -0.1) is 0 Å². The van der Waals surface area contributed by atoms with Crippen molar-refractivity contribution in [1.82, 2.24) is 9.97 Å². The fraction of sp³-hybridized carbons (Fsp3) is 0.150. The molecule has 0 saturated carbocycles. The average molecular weight is 367 g/mol. The number of nitrogens with zero attached hydrogens (tertiary/aromatic N) is 2. The van der Waals surface area contributed by atoms with Gasteiger partial charge in [-0.05, 0) is 35.7 Å². The van der Waals surface area contributed by atoms with E-state index >= 15 is 0 Å². The summed E-state index contributed by atoms with van der Waals surface area (Å²) in [4.78, 5) is 20.8. The van der Waals surface area contributed by atoms with E-state index in [0.717, 1.165) is 23.2 Å². The van der Waals surface area contributed by atoms with Gasteiger partial charge in [-0.25, -0.2) is 9.97 Å². The zero-order chi connectivity index (χ0) is 18.4. The van der Waals surface area contributed by atoms with Crippen LogP contribution in [-0.4, -0.2) is 15.9 Å². The van der Waals surface area contributed by atoms with Crippen LogP contribution in [0.5, 0.6) is 0 Å². The van der Waals surface area contributed by atoms with Crippen LogP contribution in [0.1, 0.15) is 28.4 Å². The van der Waals surface area contributed by atoms with Crippen LogP contribution in [-0.2, 0) is 13.0 Å². The van der Waals surface area contributed by atoms with E-state index in [4.69, 9.17) is 11.6 Å². The van der Waals surface area contributed by atoms with Crippen molar-refractivity contribution in [3.63, 3.8) is 0 Å². The number of halogens is 1. The van der Waals surface area contributed by atoms with Crippen molar-refractivity contribution in [2.45, 2.75) is 19.9 Å². The van der Waals surface area contributed by atoms with Crippen LogP contribution < -0.4 is 10.6 Å². The van der Waals surface area contributed by atoms with E-state index in [-0.39, 0.29) is 5.91 Å². The molecule has 1 amide bonds. The Balaban J connectivity index is 1.61. The molecule has 26 heavy (non-hydrogen) atoms. The molecule has 0 unspecified atom stereocenters. The summed E-state index contributed by atoms with van der Waals surface area (Å²) in [7, 11) is 0. The number of carbonyl (C=O) groups excluding carboxylic acids is 1. The fourth-order valence-corrected chi connectivity index (χ4v) is 2.59. The molecule has 0 radical (unpaired) electrons. The van der Waals surface area contributed by atoms with E-state index in [0.29, 0.717) is 23.1 Å². The van der Waals surface area contributed by atoms with Crippen LogP contribution in [0.4, 0.5) is 11.6 Å². The van der Waals surface area contributed by atoms with E-state index in [9.17, 15) is 4.79 Å². The second kappa shape index (κ2) is 8.45. The molecule has 0 saturated heterocycles. The van der Waals surface area contributed by atoms with E-state index in [1.807, 2.05) is 48.5 Å². The summed E-state index contributed by atoms with van der Waals surface area (Å²) in [6.45, 7) is 2.63. The number of hydrogen-bond acceptors (Lipinski definition) is 4. The Morgan fingerprint density at radius 3 is 2.42 bits per heavy atom. The number of anilines is 2. The van der Waals surface area contributed by atoms with Gasteiger partial charge < -0.3 is 10.6 Å². The number of benzene rings is 2. The summed E-state index contributed by atoms with van der Waals surface area (Å²) < 4.78 is 0. The van der Waals surface area contributed by atoms with E-state index < -0.39 is 0 Å². The number of nitrogens with one attached hydrogen (secondary N) is 2. The Labute approximate surface area is 157 Å². The van der Waals surface area contributed by atoms with Crippen molar-refractivity contribution in [1.29, 1.82) is 0 Å². The van der Waals surface area contributed by atoms with Gasteiger partial charge >= 0.3 is 0 Å². The van der Waals surface area contributed by atoms with Crippen LogP contribution in [0.2, 0.25) is 5.02 Å².